The van der Waals surface area contributed by atoms with Gasteiger partial charge < -0.3 is 4.74 Å². The first-order valence-corrected chi connectivity index (χ1v) is 3.67. The molecule has 1 aromatic heterocycles. The fraction of sp³-hybridized carbons (Fsp3) is 0.286. The van der Waals surface area contributed by atoms with Crippen molar-refractivity contribution >= 4 is 17.4 Å². The van der Waals surface area contributed by atoms with Crippen molar-refractivity contribution in [2.75, 3.05) is 6.61 Å². The number of carbonyl (C=O) groups excluding carboxylic acids is 1. The van der Waals surface area contributed by atoms with E-state index in [-0.39, 0.29) is 17.7 Å². The zero-order valence-electron chi connectivity index (χ0n) is 6.45. The molecule has 1 heterocycles. The van der Waals surface area contributed by atoms with Crippen LogP contribution in [0.4, 0.5) is 0 Å². The molecule has 0 saturated heterocycles. The van der Waals surface area contributed by atoms with E-state index in [9.17, 15) is 4.79 Å². The molecule has 5 heteroatoms. The molecular formula is C7H7ClN2O2. The van der Waals surface area contributed by atoms with Gasteiger partial charge in [0.05, 0.1) is 0 Å². The molecular weight excluding hydrogens is 180 g/mol. The van der Waals surface area contributed by atoms with Crippen molar-refractivity contribution in [3.05, 3.63) is 17.5 Å². The summed E-state index contributed by atoms with van der Waals surface area (Å²) in [5.41, 5.74) is 0. The normalized spacial score (nSPS) is 9.50. The first-order valence-electron chi connectivity index (χ1n) is 3.29. The monoisotopic (exact) mass is 186 g/mol. The second-order valence-electron chi connectivity index (χ2n) is 2.15. The second-order valence-corrected chi connectivity index (χ2v) is 2.49. The van der Waals surface area contributed by atoms with Crippen LogP contribution in [0, 0.1) is 0 Å². The lowest BCUT2D eigenvalue weighted by molar-refractivity contribution is -0.119. The summed E-state index contributed by atoms with van der Waals surface area (Å²) in [5.74, 6) is 0.245. The van der Waals surface area contributed by atoms with Gasteiger partial charge in [0.25, 0.3) is 0 Å². The van der Waals surface area contributed by atoms with E-state index in [1.165, 1.54) is 19.2 Å². The predicted octanol–water partition coefficient (Wildman–Crippen LogP) is 1.10. The molecule has 12 heavy (non-hydrogen) atoms. The van der Waals surface area contributed by atoms with Crippen molar-refractivity contribution in [1.82, 2.24) is 9.97 Å². The highest BCUT2D eigenvalue weighted by atomic mass is 35.5. The minimum absolute atomic E-state index is 0.00728. The van der Waals surface area contributed by atoms with Crippen LogP contribution >= 0.6 is 11.6 Å². The van der Waals surface area contributed by atoms with E-state index < -0.39 is 0 Å². The number of carbonyl (C=O) groups is 1. The number of hydrogen-bond donors (Lipinski definition) is 0. The maximum Gasteiger partial charge on any atom is 0.225 e. The third-order valence-corrected chi connectivity index (χ3v) is 1.21. The smallest absolute Gasteiger partial charge is 0.225 e. The van der Waals surface area contributed by atoms with E-state index in [2.05, 4.69) is 9.97 Å². The molecule has 0 fully saturated rings. The van der Waals surface area contributed by atoms with Gasteiger partial charge in [-0.3, -0.25) is 4.79 Å². The molecule has 1 aromatic rings. The Morgan fingerprint density at radius 2 is 2.50 bits per heavy atom. The van der Waals surface area contributed by atoms with Crippen molar-refractivity contribution in [2.24, 2.45) is 0 Å². The molecule has 0 aliphatic heterocycles. The van der Waals surface area contributed by atoms with E-state index in [1.807, 2.05) is 0 Å². The number of hydrogen-bond acceptors (Lipinski definition) is 4. The molecule has 0 saturated carbocycles. The van der Waals surface area contributed by atoms with Crippen molar-refractivity contribution in [3.63, 3.8) is 0 Å². The summed E-state index contributed by atoms with van der Waals surface area (Å²) in [6.07, 6.45) is 1.46. The summed E-state index contributed by atoms with van der Waals surface area (Å²) in [7, 11) is 0. The highest BCUT2D eigenvalue weighted by Crippen LogP contribution is 2.07. The minimum Gasteiger partial charge on any atom is -0.470 e. The van der Waals surface area contributed by atoms with Gasteiger partial charge in [-0.15, -0.1) is 0 Å². The van der Waals surface area contributed by atoms with Crippen LogP contribution in [-0.4, -0.2) is 22.4 Å². The lowest BCUT2D eigenvalue weighted by Crippen LogP contribution is -2.07. The van der Waals surface area contributed by atoms with Gasteiger partial charge in [0.2, 0.25) is 11.2 Å². The van der Waals surface area contributed by atoms with E-state index >= 15 is 0 Å². The topological polar surface area (TPSA) is 52.1 Å². The maximum absolute atomic E-state index is 10.5. The van der Waals surface area contributed by atoms with Gasteiger partial charge in [0.15, 0.2) is 5.78 Å². The van der Waals surface area contributed by atoms with E-state index in [1.54, 1.807) is 0 Å². The summed E-state index contributed by atoms with van der Waals surface area (Å²) in [5, 5.41) is 0.107. The molecule has 0 amide bonds. The number of nitrogens with zero attached hydrogens (tertiary/aromatic N) is 2. The molecule has 0 radical (unpaired) electrons. The van der Waals surface area contributed by atoms with E-state index in [0.717, 1.165) is 0 Å². The highest BCUT2D eigenvalue weighted by molar-refractivity contribution is 6.28. The Labute approximate surface area is 74.5 Å². The maximum atomic E-state index is 10.5. The molecule has 0 N–H and O–H groups in total. The molecule has 0 aliphatic rings. The fourth-order valence-corrected chi connectivity index (χ4v) is 0.715. The van der Waals surface area contributed by atoms with Crippen LogP contribution in [0.25, 0.3) is 0 Å². The van der Waals surface area contributed by atoms with Crippen molar-refractivity contribution in [2.45, 2.75) is 6.92 Å². The highest BCUT2D eigenvalue weighted by Gasteiger charge is 1.98. The van der Waals surface area contributed by atoms with Crippen molar-refractivity contribution in [1.29, 1.82) is 0 Å². The summed E-state index contributed by atoms with van der Waals surface area (Å²) in [4.78, 5) is 17.9. The summed E-state index contributed by atoms with van der Waals surface area (Å²) >= 11 is 5.47. The summed E-state index contributed by atoms with van der Waals surface area (Å²) in [6, 6.07) is 1.54. The molecule has 0 aliphatic carbocycles. The van der Waals surface area contributed by atoms with Gasteiger partial charge in [0, 0.05) is 12.3 Å². The number of ketones is 1. The molecule has 64 valence electrons. The molecule has 0 spiro atoms. The van der Waals surface area contributed by atoms with Crippen LogP contribution in [0.2, 0.25) is 5.28 Å². The summed E-state index contributed by atoms with van der Waals surface area (Å²) in [6.45, 7) is 1.44. The van der Waals surface area contributed by atoms with Crippen LogP contribution < -0.4 is 4.74 Å². The molecule has 0 bridgehead atoms. The third kappa shape index (κ3) is 2.84. The van der Waals surface area contributed by atoms with Crippen LogP contribution in [0.5, 0.6) is 5.88 Å². The Morgan fingerprint density at radius 3 is 3.08 bits per heavy atom. The Hall–Kier alpha value is -1.16. The van der Waals surface area contributed by atoms with E-state index in [4.69, 9.17) is 16.3 Å². The van der Waals surface area contributed by atoms with Gasteiger partial charge >= 0.3 is 0 Å². The lowest BCUT2D eigenvalue weighted by Gasteiger charge is -2.00. The average molecular weight is 187 g/mol. The van der Waals surface area contributed by atoms with Gasteiger partial charge in [-0.2, -0.15) is 4.98 Å². The molecule has 0 unspecified atom stereocenters. The quantitative estimate of drug-likeness (QED) is 0.664. The first-order chi connectivity index (χ1) is 5.68. The molecule has 4 nitrogen and oxygen atoms in total. The number of ether oxygens (including phenoxy) is 1. The zero-order chi connectivity index (χ0) is 8.97. The van der Waals surface area contributed by atoms with Crippen LogP contribution in [0.3, 0.4) is 0 Å². The second kappa shape index (κ2) is 4.01. The Balaban J connectivity index is 2.57. The number of Topliss-reactive ketones (excluding diaryl/α,β-unsaturated/α-hetero) is 1. The molecule has 0 atom stereocenters. The third-order valence-electron chi connectivity index (χ3n) is 1.02. The number of aromatic nitrogens is 2. The largest absolute Gasteiger partial charge is 0.470 e. The molecule has 0 aromatic carbocycles. The average Bonchev–Trinajstić information content (AvgIpc) is 2.01. The fourth-order valence-electron chi connectivity index (χ4n) is 0.576. The van der Waals surface area contributed by atoms with Gasteiger partial charge in [-0.05, 0) is 18.5 Å². The van der Waals surface area contributed by atoms with Gasteiger partial charge in [-0.1, -0.05) is 0 Å². The first kappa shape index (κ1) is 8.93. The van der Waals surface area contributed by atoms with E-state index in [0.29, 0.717) is 5.88 Å². The Morgan fingerprint density at radius 1 is 1.75 bits per heavy atom. The standard InChI is InChI=1S/C7H7ClN2O2/c1-5(11)4-12-6-2-3-9-7(8)10-6/h2-3H,4H2,1H3. The van der Waals surface area contributed by atoms with Crippen molar-refractivity contribution in [3.8, 4) is 5.88 Å². The van der Waals surface area contributed by atoms with Gasteiger partial charge in [-0.25, -0.2) is 4.98 Å². The minimum atomic E-state index is -0.0651. The van der Waals surface area contributed by atoms with Crippen molar-refractivity contribution < 1.29 is 9.53 Å². The van der Waals surface area contributed by atoms with Crippen LogP contribution in [0.15, 0.2) is 12.3 Å². The molecule has 1 rings (SSSR count). The van der Waals surface area contributed by atoms with Crippen LogP contribution in [-0.2, 0) is 4.79 Å². The number of rotatable bonds is 3. The Bertz CT molecular complexity index is 290. The van der Waals surface area contributed by atoms with Gasteiger partial charge in [0.1, 0.15) is 6.61 Å². The number of halogens is 1. The SMILES string of the molecule is CC(=O)COc1ccnc(Cl)n1. The zero-order valence-corrected chi connectivity index (χ0v) is 7.21. The Kier molecular flexibility index (Phi) is 2.99. The predicted molar refractivity (Wildman–Crippen MR) is 43.2 cm³/mol. The summed E-state index contributed by atoms with van der Waals surface area (Å²) < 4.78 is 4.96. The van der Waals surface area contributed by atoms with Crippen LogP contribution in [0.1, 0.15) is 6.92 Å². The lowest BCUT2D eigenvalue weighted by atomic mass is 10.5.